The molecule has 8 nitrogen and oxygen atoms in total. The highest BCUT2D eigenvalue weighted by atomic mass is 31.2. The molecule has 0 aromatic rings. The fourth-order valence-electron chi connectivity index (χ4n) is 3.74. The van der Waals surface area contributed by atoms with Crippen molar-refractivity contribution in [1.82, 2.24) is 0 Å². The van der Waals surface area contributed by atoms with Crippen molar-refractivity contribution in [2.45, 2.75) is 116 Å². The number of phosphoric ester groups is 1. The third-order valence-electron chi connectivity index (χ3n) is 5.96. The van der Waals surface area contributed by atoms with Crippen LogP contribution < -0.4 is 4.89 Å². The number of unbranched alkanes of at least 4 members (excludes halogenated alkanes) is 14. The first-order chi connectivity index (χ1) is 17.6. The number of allylic oxidation sites excluding steroid dienone is 1. The Morgan fingerprint density at radius 1 is 0.838 bits per heavy atom. The van der Waals surface area contributed by atoms with Gasteiger partial charge in [-0.3, -0.25) is 9.36 Å². The third-order valence-corrected chi connectivity index (χ3v) is 6.93. The number of ether oxygens (including phenoxy) is 2. The summed E-state index contributed by atoms with van der Waals surface area (Å²) in [5.74, 6) is -0.532. The van der Waals surface area contributed by atoms with Crippen LogP contribution in [0.2, 0.25) is 0 Å². The first-order valence-electron chi connectivity index (χ1n) is 14.4. The third kappa shape index (κ3) is 27.9. The molecule has 0 aromatic heterocycles. The summed E-state index contributed by atoms with van der Waals surface area (Å²) >= 11 is 0. The van der Waals surface area contributed by atoms with Crippen molar-refractivity contribution < 1.29 is 37.3 Å². The second-order valence-corrected chi connectivity index (χ2v) is 12.3. The number of esters is 1. The summed E-state index contributed by atoms with van der Waals surface area (Å²) in [7, 11) is 1.32. The van der Waals surface area contributed by atoms with Crippen LogP contribution in [0.4, 0.5) is 0 Å². The van der Waals surface area contributed by atoms with Crippen LogP contribution in [0, 0.1) is 0 Å². The largest absolute Gasteiger partial charge is 0.756 e. The van der Waals surface area contributed by atoms with Crippen LogP contribution in [0.25, 0.3) is 0 Å². The van der Waals surface area contributed by atoms with Gasteiger partial charge in [0.05, 0.1) is 34.0 Å². The van der Waals surface area contributed by atoms with Crippen LogP contribution in [-0.4, -0.2) is 64.1 Å². The molecule has 2 atom stereocenters. The summed E-state index contributed by atoms with van der Waals surface area (Å²) in [5.41, 5.74) is 0. The lowest BCUT2D eigenvalue weighted by atomic mass is 10.0. The topological polar surface area (TPSA) is 94.1 Å². The van der Waals surface area contributed by atoms with E-state index in [1.807, 2.05) is 27.2 Å². The van der Waals surface area contributed by atoms with Crippen molar-refractivity contribution in [2.75, 3.05) is 47.5 Å². The number of quaternary nitrogens is 1. The van der Waals surface area contributed by atoms with Gasteiger partial charge in [-0.15, -0.1) is 0 Å². The highest BCUT2D eigenvalue weighted by molar-refractivity contribution is 7.45. The zero-order chi connectivity index (χ0) is 27.8. The van der Waals surface area contributed by atoms with E-state index < -0.39 is 19.9 Å². The lowest BCUT2D eigenvalue weighted by molar-refractivity contribution is -0.870. The van der Waals surface area contributed by atoms with E-state index in [1.165, 1.54) is 90.4 Å². The molecule has 0 fully saturated rings. The number of nitrogens with zero attached hydrogens (tertiary/aromatic N) is 1. The number of likely N-dealkylation sites (N-methyl/N-ethyl adjacent to an activating group) is 1. The molecule has 0 amide bonds. The molecule has 0 spiro atoms. The summed E-state index contributed by atoms with van der Waals surface area (Å²) in [5, 5.41) is 0. The fraction of sp³-hybridized carbons (Fsp3) is 0.893. The van der Waals surface area contributed by atoms with Crippen molar-refractivity contribution in [3.63, 3.8) is 0 Å². The molecule has 0 bridgehead atoms. The summed E-state index contributed by atoms with van der Waals surface area (Å²) in [6, 6.07) is 0. The van der Waals surface area contributed by atoms with Gasteiger partial charge >= 0.3 is 5.97 Å². The van der Waals surface area contributed by atoms with Crippen molar-refractivity contribution in [3.8, 4) is 0 Å². The van der Waals surface area contributed by atoms with Crippen molar-refractivity contribution in [2.24, 2.45) is 0 Å². The Labute approximate surface area is 227 Å². The molecule has 9 heteroatoms. The monoisotopic (exact) mass is 549 g/mol. The predicted molar refractivity (Wildman–Crippen MR) is 148 cm³/mol. The van der Waals surface area contributed by atoms with E-state index in [9.17, 15) is 14.3 Å². The molecule has 220 valence electrons. The maximum atomic E-state index is 11.9. The Morgan fingerprint density at radius 3 is 1.84 bits per heavy atom. The van der Waals surface area contributed by atoms with Crippen LogP contribution in [-0.2, 0) is 27.9 Å². The van der Waals surface area contributed by atoms with E-state index in [1.54, 1.807) is 6.26 Å². The van der Waals surface area contributed by atoms with Gasteiger partial charge in [-0.25, -0.2) is 0 Å². The molecule has 0 aliphatic heterocycles. The van der Waals surface area contributed by atoms with Gasteiger partial charge in [0.2, 0.25) is 0 Å². The molecular formula is C28H56NO7P. The molecule has 0 saturated heterocycles. The molecule has 0 radical (unpaired) electrons. The van der Waals surface area contributed by atoms with Gasteiger partial charge in [0.1, 0.15) is 19.8 Å². The normalized spacial score (nSPS) is 14.5. The molecule has 0 heterocycles. The average molecular weight is 550 g/mol. The van der Waals surface area contributed by atoms with E-state index in [0.717, 1.165) is 12.8 Å². The number of hydrogen-bond donors (Lipinski definition) is 0. The van der Waals surface area contributed by atoms with Gasteiger partial charge in [-0.1, -0.05) is 90.4 Å². The second-order valence-electron chi connectivity index (χ2n) is 10.9. The van der Waals surface area contributed by atoms with E-state index in [4.69, 9.17) is 18.5 Å². The average Bonchev–Trinajstić information content (AvgIpc) is 2.80. The molecule has 0 saturated carbocycles. The van der Waals surface area contributed by atoms with Crippen LogP contribution in [0.1, 0.15) is 110 Å². The highest BCUT2D eigenvalue weighted by Crippen LogP contribution is 2.38. The van der Waals surface area contributed by atoms with Crippen LogP contribution in [0.3, 0.4) is 0 Å². The fourth-order valence-corrected chi connectivity index (χ4v) is 4.47. The minimum atomic E-state index is -4.48. The van der Waals surface area contributed by atoms with Crippen LogP contribution in [0.15, 0.2) is 12.3 Å². The van der Waals surface area contributed by atoms with Crippen molar-refractivity contribution in [1.29, 1.82) is 0 Å². The van der Waals surface area contributed by atoms with Gasteiger partial charge in [-0.2, -0.15) is 0 Å². The number of rotatable bonds is 26. The summed E-state index contributed by atoms with van der Waals surface area (Å²) < 4.78 is 32.8. The van der Waals surface area contributed by atoms with Crippen LogP contribution >= 0.6 is 7.82 Å². The SMILES string of the molecule is CCCCCCCCCCCCCCCC/C=C/OC[C@@H](COP(=O)([O-])OCC[N+](C)(C)C)OC(C)=O. The smallest absolute Gasteiger partial charge is 0.303 e. The first-order valence-corrected chi connectivity index (χ1v) is 15.9. The molecular weight excluding hydrogens is 493 g/mol. The quantitative estimate of drug-likeness (QED) is 0.0398. The molecule has 0 N–H and O–H groups in total. The van der Waals surface area contributed by atoms with Gasteiger partial charge in [0.15, 0.2) is 6.10 Å². The van der Waals surface area contributed by atoms with E-state index in [-0.39, 0.29) is 19.8 Å². The maximum Gasteiger partial charge on any atom is 0.303 e. The maximum absolute atomic E-state index is 11.9. The Bertz CT molecular complexity index is 622. The number of carbonyl (C=O) groups excluding carboxylic acids is 1. The van der Waals surface area contributed by atoms with E-state index in [0.29, 0.717) is 11.0 Å². The zero-order valence-corrected chi connectivity index (χ0v) is 25.3. The number of carbonyl (C=O) groups is 1. The van der Waals surface area contributed by atoms with Crippen molar-refractivity contribution in [3.05, 3.63) is 12.3 Å². The molecule has 0 aliphatic carbocycles. The number of phosphoric acid groups is 1. The Morgan fingerprint density at radius 2 is 1.35 bits per heavy atom. The molecule has 0 rings (SSSR count). The Hall–Kier alpha value is -0.920. The lowest BCUT2D eigenvalue weighted by Crippen LogP contribution is -2.37. The summed E-state index contributed by atoms with van der Waals surface area (Å²) in [4.78, 5) is 23.3. The first kappa shape index (κ1) is 36.1. The molecule has 37 heavy (non-hydrogen) atoms. The minimum Gasteiger partial charge on any atom is -0.756 e. The lowest BCUT2D eigenvalue weighted by Gasteiger charge is -2.28. The number of hydrogen-bond acceptors (Lipinski definition) is 7. The standard InChI is InChI=1S/C28H56NO7P/c1-6-7-8-9-10-11-12-13-14-15-16-17-18-19-20-21-23-33-25-28(36-27(2)30)26-35-37(31,32)34-24-22-29(3,4)5/h21,23,28H,6-20,22,24-26H2,1-5H3/b23-21+/t28-/m0/s1. The van der Waals surface area contributed by atoms with Crippen molar-refractivity contribution >= 4 is 13.8 Å². The zero-order valence-electron chi connectivity index (χ0n) is 24.4. The summed E-state index contributed by atoms with van der Waals surface area (Å²) in [6.07, 6.45) is 22.3. The molecule has 0 aromatic carbocycles. The Kier molecular flexibility index (Phi) is 22.4. The van der Waals surface area contributed by atoms with E-state index in [2.05, 4.69) is 6.92 Å². The Balaban J connectivity index is 3.81. The highest BCUT2D eigenvalue weighted by Gasteiger charge is 2.19. The second kappa shape index (κ2) is 23.0. The van der Waals surface area contributed by atoms with Crippen LogP contribution in [0.5, 0.6) is 0 Å². The van der Waals surface area contributed by atoms with E-state index >= 15 is 0 Å². The molecule has 1 unspecified atom stereocenters. The molecule has 0 aliphatic rings. The van der Waals surface area contributed by atoms with Gasteiger partial charge in [-0.05, 0) is 18.9 Å². The van der Waals surface area contributed by atoms with Gasteiger partial charge < -0.3 is 27.9 Å². The predicted octanol–water partition coefficient (Wildman–Crippen LogP) is 6.53. The van der Waals surface area contributed by atoms with Gasteiger partial charge in [0.25, 0.3) is 7.82 Å². The van der Waals surface area contributed by atoms with Gasteiger partial charge in [0, 0.05) is 6.92 Å². The summed E-state index contributed by atoms with van der Waals surface area (Å²) in [6.45, 7) is 3.70. The minimum absolute atomic E-state index is 0.00764.